The van der Waals surface area contributed by atoms with Crippen LogP contribution < -0.4 is 9.64 Å². The standard InChI is InChI=1S/C32H29Cl3N4O4/c1-37-27-12-18(8-10-21(27)29(36-37)32(40)41)19-14-39(15-19)26-11-9-20(13-25(26)35)42-16-22-30(28-23(33)4-3-5-24(28)34)38(2)43-31(22)17-6-7-17/h3-5,8-13,17,19,30H,6-7,14-16H2,1-2H3,(H,40,41). The molecule has 222 valence electrons. The first-order valence-electron chi connectivity index (χ1n) is 14.1. The number of hydrogen-bond donors (Lipinski definition) is 1. The monoisotopic (exact) mass is 638 g/mol. The molecule has 4 aromatic rings. The van der Waals surface area contributed by atoms with Crippen LogP contribution in [-0.4, -0.2) is 52.7 Å². The van der Waals surface area contributed by atoms with E-state index in [2.05, 4.69) is 10.00 Å². The van der Waals surface area contributed by atoms with Crippen molar-refractivity contribution >= 4 is 57.4 Å². The zero-order valence-corrected chi connectivity index (χ0v) is 25.8. The molecule has 3 heterocycles. The fourth-order valence-electron chi connectivity index (χ4n) is 6.15. The molecule has 2 fully saturated rings. The first-order chi connectivity index (χ1) is 20.7. The topological polar surface area (TPSA) is 80.1 Å². The molecule has 8 nitrogen and oxygen atoms in total. The normalized spacial score (nSPS) is 19.2. The number of rotatable bonds is 8. The Morgan fingerprint density at radius 2 is 1.74 bits per heavy atom. The number of hydrogen-bond acceptors (Lipinski definition) is 6. The second-order valence-electron chi connectivity index (χ2n) is 11.4. The van der Waals surface area contributed by atoms with Gasteiger partial charge in [-0.05, 0) is 48.7 Å². The summed E-state index contributed by atoms with van der Waals surface area (Å²) in [6.07, 6.45) is 2.18. The number of ether oxygens (including phenoxy) is 1. The number of carbonyl (C=O) groups is 1. The molecule has 3 aliphatic rings. The van der Waals surface area contributed by atoms with Crippen molar-refractivity contribution in [2.45, 2.75) is 24.8 Å². The Bertz CT molecular complexity index is 1770. The Morgan fingerprint density at radius 1 is 1.00 bits per heavy atom. The van der Waals surface area contributed by atoms with Crippen LogP contribution in [0, 0.1) is 5.92 Å². The molecule has 0 spiro atoms. The summed E-state index contributed by atoms with van der Waals surface area (Å²) in [7, 11) is 3.66. The van der Waals surface area contributed by atoms with Crippen LogP contribution in [0.3, 0.4) is 0 Å². The molecule has 1 unspecified atom stereocenters. The number of nitrogens with zero attached hydrogens (tertiary/aromatic N) is 4. The van der Waals surface area contributed by atoms with Crippen LogP contribution in [0.1, 0.15) is 46.4 Å². The quantitative estimate of drug-likeness (QED) is 0.214. The molecule has 1 N–H and O–H groups in total. The van der Waals surface area contributed by atoms with E-state index in [1.54, 1.807) is 11.7 Å². The summed E-state index contributed by atoms with van der Waals surface area (Å²) < 4.78 is 7.93. The molecule has 43 heavy (non-hydrogen) atoms. The van der Waals surface area contributed by atoms with E-state index in [0.717, 1.165) is 59.6 Å². The van der Waals surface area contributed by atoms with Gasteiger partial charge in [0, 0.05) is 71.7 Å². The van der Waals surface area contributed by atoms with E-state index in [1.807, 2.05) is 66.7 Å². The van der Waals surface area contributed by atoms with E-state index in [-0.39, 0.29) is 11.7 Å². The molecule has 7 rings (SSSR count). The Hall–Kier alpha value is -3.43. The number of likely N-dealkylation sites (N-methyl/N-ethyl adjacent to an activating group) is 1. The molecule has 11 heteroatoms. The first kappa shape index (κ1) is 28.3. The summed E-state index contributed by atoms with van der Waals surface area (Å²) in [4.78, 5) is 19.9. The fourth-order valence-corrected chi connectivity index (χ4v) is 7.04. The van der Waals surface area contributed by atoms with E-state index < -0.39 is 5.97 Å². The number of fused-ring (bicyclic) bond motifs is 1. The van der Waals surface area contributed by atoms with Crippen molar-refractivity contribution in [1.29, 1.82) is 0 Å². The van der Waals surface area contributed by atoms with Gasteiger partial charge in [-0.3, -0.25) is 4.68 Å². The number of allylic oxidation sites excluding steroid dienone is 1. The molecule has 1 aromatic heterocycles. The SMILES string of the molecule is CN1OC(C2CC2)=C(COc2ccc(N3CC(c4ccc5c(C(=O)O)nn(C)c5c4)C3)c(Cl)c2)C1c1c(Cl)cccc1Cl. The van der Waals surface area contributed by atoms with Gasteiger partial charge in [0.15, 0.2) is 5.69 Å². The van der Waals surface area contributed by atoms with Crippen molar-refractivity contribution in [2.24, 2.45) is 13.0 Å². The van der Waals surface area contributed by atoms with Crippen molar-refractivity contribution < 1.29 is 19.5 Å². The maximum atomic E-state index is 11.5. The van der Waals surface area contributed by atoms with Gasteiger partial charge in [-0.25, -0.2) is 4.79 Å². The molecule has 1 aliphatic carbocycles. The van der Waals surface area contributed by atoms with Crippen LogP contribution in [0.15, 0.2) is 65.9 Å². The molecule has 2 aliphatic heterocycles. The predicted octanol–water partition coefficient (Wildman–Crippen LogP) is 7.50. The number of anilines is 1. The van der Waals surface area contributed by atoms with Gasteiger partial charge in [0.1, 0.15) is 24.2 Å². The summed E-state index contributed by atoms with van der Waals surface area (Å²) in [6.45, 7) is 1.93. The third-order valence-corrected chi connectivity index (χ3v) is 9.52. The lowest BCUT2D eigenvalue weighted by Gasteiger charge is -2.42. The van der Waals surface area contributed by atoms with Crippen LogP contribution in [0.4, 0.5) is 5.69 Å². The van der Waals surface area contributed by atoms with Gasteiger partial charge in [0.25, 0.3) is 0 Å². The predicted molar refractivity (Wildman–Crippen MR) is 167 cm³/mol. The highest BCUT2D eigenvalue weighted by atomic mass is 35.5. The number of halogens is 3. The number of aryl methyl sites for hydroxylation is 1. The minimum absolute atomic E-state index is 0.0732. The van der Waals surface area contributed by atoms with Crippen LogP contribution in [0.25, 0.3) is 10.9 Å². The smallest absolute Gasteiger partial charge is 0.357 e. The Balaban J connectivity index is 1.05. The van der Waals surface area contributed by atoms with Gasteiger partial charge < -0.3 is 19.6 Å². The van der Waals surface area contributed by atoms with Gasteiger partial charge in [0.05, 0.1) is 16.2 Å². The van der Waals surface area contributed by atoms with Crippen molar-refractivity contribution in [3.05, 3.63) is 97.8 Å². The van der Waals surface area contributed by atoms with E-state index in [0.29, 0.717) is 44.6 Å². The number of aromatic nitrogens is 2. The van der Waals surface area contributed by atoms with Crippen LogP contribution in [-0.2, 0) is 11.9 Å². The molecule has 1 saturated heterocycles. The summed E-state index contributed by atoms with van der Waals surface area (Å²) in [5, 5.41) is 17.8. The van der Waals surface area contributed by atoms with Gasteiger partial charge in [-0.15, -0.1) is 5.06 Å². The second kappa shape index (κ2) is 10.9. The highest BCUT2D eigenvalue weighted by molar-refractivity contribution is 6.36. The first-order valence-corrected chi connectivity index (χ1v) is 15.3. The van der Waals surface area contributed by atoms with E-state index in [1.165, 1.54) is 0 Å². The van der Waals surface area contributed by atoms with Gasteiger partial charge in [0.2, 0.25) is 0 Å². The Morgan fingerprint density at radius 3 is 2.42 bits per heavy atom. The summed E-state index contributed by atoms with van der Waals surface area (Å²) in [6, 6.07) is 17.0. The minimum Gasteiger partial charge on any atom is -0.489 e. The molecule has 1 atom stereocenters. The summed E-state index contributed by atoms with van der Waals surface area (Å²) in [5.41, 5.74) is 4.81. The minimum atomic E-state index is -1.02. The molecular weight excluding hydrogens is 611 g/mol. The molecule has 1 saturated carbocycles. The van der Waals surface area contributed by atoms with Crippen molar-refractivity contribution in [3.8, 4) is 5.75 Å². The third kappa shape index (κ3) is 5.10. The van der Waals surface area contributed by atoms with Crippen LogP contribution in [0.5, 0.6) is 5.75 Å². The zero-order valence-electron chi connectivity index (χ0n) is 23.6. The molecule has 0 amide bonds. The fraction of sp³-hybridized carbons (Fsp3) is 0.312. The van der Waals surface area contributed by atoms with E-state index in [9.17, 15) is 9.90 Å². The number of carboxylic acids is 1. The van der Waals surface area contributed by atoms with Crippen molar-refractivity contribution in [2.75, 3.05) is 31.6 Å². The lowest BCUT2D eigenvalue weighted by atomic mass is 9.90. The molecule has 3 aromatic carbocycles. The van der Waals surface area contributed by atoms with E-state index >= 15 is 0 Å². The van der Waals surface area contributed by atoms with Crippen molar-refractivity contribution in [1.82, 2.24) is 14.8 Å². The van der Waals surface area contributed by atoms with Gasteiger partial charge >= 0.3 is 5.97 Å². The maximum Gasteiger partial charge on any atom is 0.357 e. The van der Waals surface area contributed by atoms with Gasteiger partial charge in [-0.2, -0.15) is 5.10 Å². The molecule has 0 radical (unpaired) electrons. The third-order valence-electron chi connectivity index (χ3n) is 8.56. The number of hydroxylamine groups is 2. The number of aromatic carboxylic acids is 1. The summed E-state index contributed by atoms with van der Waals surface area (Å²) in [5.74, 6) is 1.28. The molecular formula is C32H29Cl3N4O4. The van der Waals surface area contributed by atoms with Crippen molar-refractivity contribution in [3.63, 3.8) is 0 Å². The Kier molecular flexibility index (Phi) is 7.21. The van der Waals surface area contributed by atoms with Gasteiger partial charge in [-0.1, -0.05) is 53.0 Å². The average Bonchev–Trinajstić information content (AvgIpc) is 3.67. The molecule has 0 bridgehead atoms. The van der Waals surface area contributed by atoms with E-state index in [4.69, 9.17) is 44.4 Å². The zero-order chi connectivity index (χ0) is 30.0. The second-order valence-corrected chi connectivity index (χ2v) is 12.6. The average molecular weight is 640 g/mol. The summed E-state index contributed by atoms with van der Waals surface area (Å²) >= 11 is 20.0. The van der Waals surface area contributed by atoms with Crippen LogP contribution >= 0.6 is 34.8 Å². The van der Waals surface area contributed by atoms with Crippen LogP contribution in [0.2, 0.25) is 15.1 Å². The number of carboxylic acid groups (broad SMARTS) is 1. The lowest BCUT2D eigenvalue weighted by molar-refractivity contribution is -0.1000. The highest BCUT2D eigenvalue weighted by Gasteiger charge is 2.43. The lowest BCUT2D eigenvalue weighted by Crippen LogP contribution is -2.45. The highest BCUT2D eigenvalue weighted by Crippen LogP contribution is 2.50. The number of benzene rings is 3. The largest absolute Gasteiger partial charge is 0.489 e. The maximum absolute atomic E-state index is 11.5. The Labute approximate surface area is 263 Å².